The molecule has 1 heteroatoms. The molecule has 9 rings (SSSR count). The van der Waals surface area contributed by atoms with Crippen molar-refractivity contribution in [1.29, 1.82) is 0 Å². The molecule has 0 saturated heterocycles. The number of hydrogen-bond acceptors (Lipinski definition) is 0. The lowest BCUT2D eigenvalue weighted by atomic mass is 9.81. The average Bonchev–Trinajstić information content (AvgIpc) is 3.57. The minimum absolute atomic E-state index is 0.0200. The first-order valence-electron chi connectivity index (χ1n) is 21.3. The zero-order valence-electron chi connectivity index (χ0n) is 36.2. The Morgan fingerprint density at radius 1 is 0.441 bits per heavy atom. The van der Waals surface area contributed by atoms with Gasteiger partial charge in [-0.25, -0.2) is 0 Å². The molecule has 0 aliphatic heterocycles. The first-order valence-corrected chi connectivity index (χ1v) is 21.3. The molecule has 0 fully saturated rings. The number of allylic oxidation sites excluding steroid dienone is 2. The molecule has 1 nitrogen and oxygen atoms in total. The van der Waals surface area contributed by atoms with E-state index in [9.17, 15) is 0 Å². The van der Waals surface area contributed by atoms with Crippen LogP contribution < -0.4 is 0 Å². The molecule has 8 aromatic carbocycles. The highest BCUT2D eigenvalue weighted by molar-refractivity contribution is 6.22. The van der Waals surface area contributed by atoms with E-state index in [1.165, 1.54) is 110 Å². The van der Waals surface area contributed by atoms with Crippen LogP contribution in [0.15, 0.2) is 158 Å². The topological polar surface area (TPSA) is 4.93 Å². The van der Waals surface area contributed by atoms with Gasteiger partial charge in [0.25, 0.3) is 0 Å². The quantitative estimate of drug-likeness (QED) is 0.149. The number of aromatic nitrogens is 1. The predicted molar refractivity (Wildman–Crippen MR) is 259 cm³/mol. The Kier molecular flexibility index (Phi) is 9.47. The van der Waals surface area contributed by atoms with Gasteiger partial charge in [-0.05, 0) is 156 Å². The summed E-state index contributed by atoms with van der Waals surface area (Å²) in [4.78, 5) is 0. The average molecular weight is 766 g/mol. The molecule has 0 N–H and O–H groups in total. The fourth-order valence-corrected chi connectivity index (χ4v) is 9.11. The van der Waals surface area contributed by atoms with E-state index < -0.39 is 0 Å². The van der Waals surface area contributed by atoms with E-state index in [1.54, 1.807) is 0 Å². The molecule has 0 bridgehead atoms. The van der Waals surface area contributed by atoms with Crippen molar-refractivity contribution in [3.63, 3.8) is 0 Å². The Labute approximate surface area is 350 Å². The first-order chi connectivity index (χ1) is 28.3. The van der Waals surface area contributed by atoms with E-state index in [0.29, 0.717) is 0 Å². The van der Waals surface area contributed by atoms with Gasteiger partial charge in [-0.3, -0.25) is 0 Å². The molecule has 0 spiro atoms. The van der Waals surface area contributed by atoms with Crippen LogP contribution >= 0.6 is 0 Å². The predicted octanol–water partition coefficient (Wildman–Crippen LogP) is 16.8. The molecule has 9 aromatic rings. The van der Waals surface area contributed by atoms with Crippen LogP contribution in [0.25, 0.3) is 93.4 Å². The van der Waals surface area contributed by atoms with Crippen LogP contribution in [0.4, 0.5) is 0 Å². The van der Waals surface area contributed by atoms with Gasteiger partial charge in [-0.15, -0.1) is 0 Å². The van der Waals surface area contributed by atoms with Crippen molar-refractivity contribution >= 4 is 48.9 Å². The Morgan fingerprint density at radius 2 is 0.881 bits per heavy atom. The van der Waals surface area contributed by atoms with E-state index in [2.05, 4.69) is 225 Å². The molecule has 59 heavy (non-hydrogen) atoms. The maximum Gasteiger partial charge on any atom is 0.0491 e. The Balaban J connectivity index is 1.14. The first kappa shape index (κ1) is 38.3. The van der Waals surface area contributed by atoms with Gasteiger partial charge >= 0.3 is 0 Å². The number of nitrogens with zero attached hydrogens (tertiary/aromatic N) is 1. The minimum atomic E-state index is 0.0200. The highest BCUT2D eigenvalue weighted by Gasteiger charge is 2.22. The van der Waals surface area contributed by atoms with Gasteiger partial charge < -0.3 is 4.57 Å². The van der Waals surface area contributed by atoms with Crippen molar-refractivity contribution in [3.8, 4) is 44.5 Å². The van der Waals surface area contributed by atoms with Crippen molar-refractivity contribution in [1.82, 2.24) is 4.57 Å². The van der Waals surface area contributed by atoms with Crippen molar-refractivity contribution < 1.29 is 0 Å². The summed E-state index contributed by atoms with van der Waals surface area (Å²) in [5.74, 6) is 0. The van der Waals surface area contributed by atoms with Gasteiger partial charge in [0, 0.05) is 28.4 Å². The maximum absolute atomic E-state index is 2.45. The summed E-state index contributed by atoms with van der Waals surface area (Å²) in [6.45, 7) is 21.3. The second kappa shape index (κ2) is 14.6. The molecule has 292 valence electrons. The number of fused-ring (bicyclic) bond motifs is 5. The lowest BCUT2D eigenvalue weighted by Gasteiger charge is -2.23. The lowest BCUT2D eigenvalue weighted by molar-refractivity contribution is 0.591. The largest absolute Gasteiger partial charge is 0.341 e. The molecule has 0 saturated carbocycles. The van der Waals surface area contributed by atoms with Crippen molar-refractivity contribution in [2.45, 2.75) is 79.7 Å². The summed E-state index contributed by atoms with van der Waals surface area (Å²) in [5, 5.41) is 7.81. The zero-order valence-corrected chi connectivity index (χ0v) is 36.2. The smallest absolute Gasteiger partial charge is 0.0491 e. The third-order valence-corrected chi connectivity index (χ3v) is 12.7. The van der Waals surface area contributed by atoms with Gasteiger partial charge in [-0.1, -0.05) is 163 Å². The second-order valence-corrected chi connectivity index (χ2v) is 18.5. The summed E-state index contributed by atoms with van der Waals surface area (Å²) in [5.41, 5.74) is 18.0. The minimum Gasteiger partial charge on any atom is -0.341 e. The van der Waals surface area contributed by atoms with Crippen LogP contribution in [0, 0.1) is 0 Å². The normalized spacial score (nSPS) is 12.7. The van der Waals surface area contributed by atoms with Crippen molar-refractivity contribution in [2.75, 3.05) is 0 Å². The molecule has 0 aliphatic carbocycles. The number of hydrogen-bond donors (Lipinski definition) is 0. The van der Waals surface area contributed by atoms with Crippen LogP contribution in [0.3, 0.4) is 0 Å². The van der Waals surface area contributed by atoms with Gasteiger partial charge in [0.15, 0.2) is 0 Å². The molecule has 1 heterocycles. The highest BCUT2D eigenvalue weighted by Crippen LogP contribution is 2.46. The maximum atomic E-state index is 2.45. The standard InChI is InChI=1S/C58H55N/c1-10-37(3)43-25-29-47-51(33-43)55(41-15-13-12-14-16-41)48-30-27-45(57(4,5)6)36-52(48)56(47)42-23-21-39(22-24-42)38-17-19-40(20-18-38)44-26-31-53-49(34-44)50-35-46(58(7,8)9)28-32-54(50)59(53)11-2/h10,12-36H,11H2,1-9H3/b37-10+. The summed E-state index contributed by atoms with van der Waals surface area (Å²) in [6, 6.07) is 57.6. The molecular weight excluding hydrogens is 711 g/mol. The summed E-state index contributed by atoms with van der Waals surface area (Å²) < 4.78 is 2.45. The van der Waals surface area contributed by atoms with Gasteiger partial charge in [0.2, 0.25) is 0 Å². The molecule has 0 aliphatic rings. The molecular formula is C58H55N. The lowest BCUT2D eigenvalue weighted by Crippen LogP contribution is -2.10. The zero-order chi connectivity index (χ0) is 41.2. The Bertz CT molecular complexity index is 3070. The molecule has 0 radical (unpaired) electrons. The summed E-state index contributed by atoms with van der Waals surface area (Å²) in [6.07, 6.45) is 2.21. The van der Waals surface area contributed by atoms with Crippen molar-refractivity contribution in [2.24, 2.45) is 0 Å². The van der Waals surface area contributed by atoms with Gasteiger partial charge in [0.1, 0.15) is 0 Å². The third-order valence-electron chi connectivity index (χ3n) is 12.7. The van der Waals surface area contributed by atoms with Gasteiger partial charge in [-0.2, -0.15) is 0 Å². The summed E-state index contributed by atoms with van der Waals surface area (Å²) >= 11 is 0. The highest BCUT2D eigenvalue weighted by atomic mass is 15.0. The fourth-order valence-electron chi connectivity index (χ4n) is 9.11. The van der Waals surface area contributed by atoms with Crippen LogP contribution in [-0.4, -0.2) is 4.57 Å². The number of rotatable bonds is 6. The van der Waals surface area contributed by atoms with Crippen LogP contribution in [0.5, 0.6) is 0 Å². The molecule has 1 aromatic heterocycles. The van der Waals surface area contributed by atoms with E-state index >= 15 is 0 Å². The Morgan fingerprint density at radius 3 is 1.44 bits per heavy atom. The SMILES string of the molecule is C/C=C(\C)c1ccc2c(-c3ccc(-c4ccc(-c5ccc6c(c5)c5cc(C(C)(C)C)ccc5n6CC)cc4)cc3)c3cc(C(C)(C)C)ccc3c(-c3ccccc3)c2c1. The van der Waals surface area contributed by atoms with E-state index in [1.807, 2.05) is 0 Å². The monoisotopic (exact) mass is 765 g/mol. The van der Waals surface area contributed by atoms with Crippen LogP contribution in [0.2, 0.25) is 0 Å². The second-order valence-electron chi connectivity index (χ2n) is 18.5. The van der Waals surface area contributed by atoms with Crippen LogP contribution in [-0.2, 0) is 17.4 Å². The van der Waals surface area contributed by atoms with Gasteiger partial charge in [0.05, 0.1) is 0 Å². The Hall–Kier alpha value is -6.18. The molecule has 0 unspecified atom stereocenters. The van der Waals surface area contributed by atoms with E-state index in [4.69, 9.17) is 0 Å². The molecule has 0 amide bonds. The summed E-state index contributed by atoms with van der Waals surface area (Å²) in [7, 11) is 0. The fraction of sp³-hybridized carbons (Fsp3) is 0.207. The number of benzene rings is 8. The van der Waals surface area contributed by atoms with E-state index in [-0.39, 0.29) is 10.8 Å². The van der Waals surface area contributed by atoms with Crippen LogP contribution in [0.1, 0.15) is 79.0 Å². The number of aryl methyl sites for hydroxylation is 1. The van der Waals surface area contributed by atoms with E-state index in [0.717, 1.165) is 6.54 Å². The molecule has 0 atom stereocenters. The third kappa shape index (κ3) is 6.77. The van der Waals surface area contributed by atoms with Crippen molar-refractivity contribution in [3.05, 3.63) is 174 Å².